The third-order valence-corrected chi connectivity index (χ3v) is 1.59. The third kappa shape index (κ3) is 5.92. The number of carboxylic acids is 1. The molecular formula is C9H16O3. The molecule has 0 radical (unpaired) electrons. The molecule has 0 saturated carbocycles. The van der Waals surface area contributed by atoms with Gasteiger partial charge < -0.3 is 9.84 Å². The number of rotatable bonds is 6. The summed E-state index contributed by atoms with van der Waals surface area (Å²) in [7, 11) is 1.67. The molecule has 0 fully saturated rings. The number of aliphatic carboxylic acids is 1. The van der Waals surface area contributed by atoms with Gasteiger partial charge in [0.25, 0.3) is 0 Å². The molecule has 0 amide bonds. The monoisotopic (exact) mass is 172 g/mol. The van der Waals surface area contributed by atoms with E-state index in [4.69, 9.17) is 9.84 Å². The van der Waals surface area contributed by atoms with Crippen molar-refractivity contribution < 1.29 is 14.6 Å². The Morgan fingerprint density at radius 1 is 1.50 bits per heavy atom. The first-order valence-corrected chi connectivity index (χ1v) is 4.07. The lowest BCUT2D eigenvalue weighted by molar-refractivity contribution is -0.132. The molecule has 0 rings (SSSR count). The van der Waals surface area contributed by atoms with Crippen LogP contribution in [0.3, 0.4) is 0 Å². The molecule has 0 bridgehead atoms. The third-order valence-electron chi connectivity index (χ3n) is 1.59. The van der Waals surface area contributed by atoms with E-state index in [-0.39, 0.29) is 0 Å². The van der Waals surface area contributed by atoms with E-state index in [1.54, 1.807) is 20.1 Å². The quantitative estimate of drug-likeness (QED) is 0.491. The Morgan fingerprint density at radius 3 is 2.67 bits per heavy atom. The molecular weight excluding hydrogens is 156 g/mol. The van der Waals surface area contributed by atoms with Gasteiger partial charge in [0.2, 0.25) is 0 Å². The van der Waals surface area contributed by atoms with Crippen LogP contribution in [0.1, 0.15) is 26.2 Å². The van der Waals surface area contributed by atoms with Crippen LogP contribution >= 0.6 is 0 Å². The second kappa shape index (κ2) is 6.85. The number of hydrogen-bond donors (Lipinski definition) is 1. The number of unbranched alkanes of at least 4 members (excludes halogenated alkanes) is 2. The minimum absolute atomic E-state index is 0.424. The number of carboxylic acid groups (broad SMARTS) is 1. The van der Waals surface area contributed by atoms with Crippen LogP contribution in [-0.2, 0) is 9.53 Å². The first-order valence-electron chi connectivity index (χ1n) is 4.07. The molecule has 0 aromatic carbocycles. The molecule has 0 aliphatic carbocycles. The zero-order valence-electron chi connectivity index (χ0n) is 7.67. The fourth-order valence-electron chi connectivity index (χ4n) is 0.797. The molecule has 0 aromatic heterocycles. The summed E-state index contributed by atoms with van der Waals surface area (Å²) in [5.41, 5.74) is 0.424. The topological polar surface area (TPSA) is 46.5 Å². The highest BCUT2D eigenvalue weighted by Gasteiger charge is 1.97. The van der Waals surface area contributed by atoms with Gasteiger partial charge in [0, 0.05) is 19.3 Å². The van der Waals surface area contributed by atoms with Gasteiger partial charge >= 0.3 is 5.97 Å². The Kier molecular flexibility index (Phi) is 6.38. The van der Waals surface area contributed by atoms with Crippen molar-refractivity contribution in [2.24, 2.45) is 0 Å². The van der Waals surface area contributed by atoms with Gasteiger partial charge in [-0.25, -0.2) is 4.79 Å². The Hall–Kier alpha value is -0.830. The molecule has 0 aromatic rings. The average Bonchev–Trinajstić information content (AvgIpc) is 2.03. The van der Waals surface area contributed by atoms with Crippen LogP contribution in [0, 0.1) is 0 Å². The molecule has 3 nitrogen and oxygen atoms in total. The molecule has 0 spiro atoms. The lowest BCUT2D eigenvalue weighted by Crippen LogP contribution is -1.95. The van der Waals surface area contributed by atoms with E-state index in [2.05, 4.69) is 0 Å². The maximum Gasteiger partial charge on any atom is 0.330 e. The van der Waals surface area contributed by atoms with Crippen LogP contribution < -0.4 is 0 Å². The summed E-state index contributed by atoms with van der Waals surface area (Å²) < 4.78 is 4.86. The van der Waals surface area contributed by atoms with E-state index in [0.29, 0.717) is 5.57 Å². The molecule has 0 aliphatic heterocycles. The van der Waals surface area contributed by atoms with Gasteiger partial charge in [-0.05, 0) is 26.2 Å². The fourth-order valence-corrected chi connectivity index (χ4v) is 0.797. The molecule has 12 heavy (non-hydrogen) atoms. The summed E-state index contributed by atoms with van der Waals surface area (Å²) in [5, 5.41) is 8.49. The van der Waals surface area contributed by atoms with E-state index in [1.807, 2.05) is 0 Å². The van der Waals surface area contributed by atoms with Crippen molar-refractivity contribution in [1.82, 2.24) is 0 Å². The number of methoxy groups -OCH3 is 1. The summed E-state index contributed by atoms with van der Waals surface area (Å²) in [6, 6.07) is 0. The number of carbonyl (C=O) groups is 1. The lowest BCUT2D eigenvalue weighted by Gasteiger charge is -1.96. The van der Waals surface area contributed by atoms with Crippen molar-refractivity contribution in [3.05, 3.63) is 11.6 Å². The largest absolute Gasteiger partial charge is 0.478 e. The molecule has 0 heterocycles. The first-order chi connectivity index (χ1) is 5.68. The van der Waals surface area contributed by atoms with Crippen LogP contribution in [0.4, 0.5) is 0 Å². The van der Waals surface area contributed by atoms with E-state index >= 15 is 0 Å². The Balaban J connectivity index is 3.40. The molecule has 0 atom stereocenters. The summed E-state index contributed by atoms with van der Waals surface area (Å²) in [4.78, 5) is 10.3. The molecule has 0 aliphatic rings. The highest BCUT2D eigenvalue weighted by molar-refractivity contribution is 5.85. The molecule has 3 heteroatoms. The van der Waals surface area contributed by atoms with Gasteiger partial charge in [0.05, 0.1) is 0 Å². The van der Waals surface area contributed by atoms with E-state index in [1.165, 1.54) is 0 Å². The smallest absolute Gasteiger partial charge is 0.330 e. The SMILES string of the molecule is COCCCC/C=C(\C)C(=O)O. The summed E-state index contributed by atoms with van der Waals surface area (Å²) in [6.07, 6.45) is 4.54. The van der Waals surface area contributed by atoms with E-state index in [0.717, 1.165) is 25.9 Å². The average molecular weight is 172 g/mol. The van der Waals surface area contributed by atoms with Crippen molar-refractivity contribution in [2.45, 2.75) is 26.2 Å². The van der Waals surface area contributed by atoms with Gasteiger partial charge in [0.15, 0.2) is 0 Å². The fraction of sp³-hybridized carbons (Fsp3) is 0.667. The number of allylic oxidation sites excluding steroid dienone is 1. The van der Waals surface area contributed by atoms with Gasteiger partial charge in [0.1, 0.15) is 0 Å². The number of ether oxygens (including phenoxy) is 1. The lowest BCUT2D eigenvalue weighted by atomic mass is 10.2. The highest BCUT2D eigenvalue weighted by atomic mass is 16.5. The summed E-state index contributed by atoms with van der Waals surface area (Å²) in [5.74, 6) is -0.832. The summed E-state index contributed by atoms with van der Waals surface area (Å²) >= 11 is 0. The van der Waals surface area contributed by atoms with Crippen molar-refractivity contribution in [1.29, 1.82) is 0 Å². The van der Waals surface area contributed by atoms with Crippen LogP contribution in [0.15, 0.2) is 11.6 Å². The van der Waals surface area contributed by atoms with Crippen LogP contribution in [0.2, 0.25) is 0 Å². The standard InChI is InChI=1S/C9H16O3/c1-8(9(10)11)6-4-3-5-7-12-2/h6H,3-5,7H2,1-2H3,(H,10,11)/b8-6+. The Bertz CT molecular complexity index is 161. The normalized spacial score (nSPS) is 11.7. The van der Waals surface area contributed by atoms with Crippen LogP contribution in [0.25, 0.3) is 0 Å². The second-order valence-electron chi connectivity index (χ2n) is 2.68. The zero-order chi connectivity index (χ0) is 9.40. The predicted molar refractivity (Wildman–Crippen MR) is 47.1 cm³/mol. The van der Waals surface area contributed by atoms with E-state index in [9.17, 15) is 4.79 Å². The molecule has 0 saturated heterocycles. The van der Waals surface area contributed by atoms with Crippen molar-refractivity contribution in [3.63, 3.8) is 0 Å². The van der Waals surface area contributed by atoms with Crippen molar-refractivity contribution in [3.8, 4) is 0 Å². The van der Waals surface area contributed by atoms with Gasteiger partial charge in [-0.2, -0.15) is 0 Å². The Labute approximate surface area is 73.0 Å². The first kappa shape index (κ1) is 11.2. The maximum absolute atomic E-state index is 10.3. The second-order valence-corrected chi connectivity index (χ2v) is 2.68. The van der Waals surface area contributed by atoms with Crippen LogP contribution in [-0.4, -0.2) is 24.8 Å². The molecule has 70 valence electrons. The van der Waals surface area contributed by atoms with Crippen molar-refractivity contribution in [2.75, 3.05) is 13.7 Å². The van der Waals surface area contributed by atoms with Crippen LogP contribution in [0.5, 0.6) is 0 Å². The molecule has 1 N–H and O–H groups in total. The summed E-state index contributed by atoms with van der Waals surface area (Å²) in [6.45, 7) is 2.36. The zero-order valence-corrected chi connectivity index (χ0v) is 7.67. The van der Waals surface area contributed by atoms with E-state index < -0.39 is 5.97 Å². The minimum Gasteiger partial charge on any atom is -0.478 e. The number of hydrogen-bond acceptors (Lipinski definition) is 2. The van der Waals surface area contributed by atoms with Gasteiger partial charge in [-0.3, -0.25) is 0 Å². The minimum atomic E-state index is -0.832. The predicted octanol–water partition coefficient (Wildman–Crippen LogP) is 1.83. The van der Waals surface area contributed by atoms with Gasteiger partial charge in [-0.1, -0.05) is 6.08 Å². The highest BCUT2D eigenvalue weighted by Crippen LogP contribution is 2.01. The maximum atomic E-state index is 10.3. The van der Waals surface area contributed by atoms with Crippen molar-refractivity contribution >= 4 is 5.97 Å². The van der Waals surface area contributed by atoms with Gasteiger partial charge in [-0.15, -0.1) is 0 Å². The Morgan fingerprint density at radius 2 is 2.17 bits per heavy atom. The molecule has 0 unspecified atom stereocenters.